The van der Waals surface area contributed by atoms with Gasteiger partial charge in [-0.05, 0) is 24.3 Å². The van der Waals surface area contributed by atoms with Gasteiger partial charge < -0.3 is 15.4 Å². The molecule has 9 heteroatoms. The molecule has 0 atom stereocenters. The van der Waals surface area contributed by atoms with Gasteiger partial charge in [0.05, 0.1) is 17.7 Å². The van der Waals surface area contributed by atoms with Gasteiger partial charge in [-0.25, -0.2) is 4.98 Å². The van der Waals surface area contributed by atoms with Crippen molar-refractivity contribution in [3.8, 4) is 5.75 Å². The van der Waals surface area contributed by atoms with Crippen LogP contribution in [0.2, 0.25) is 5.02 Å². The summed E-state index contributed by atoms with van der Waals surface area (Å²) in [5, 5.41) is 5.29. The zero-order chi connectivity index (χ0) is 18.4. The van der Waals surface area contributed by atoms with Crippen LogP contribution in [0, 0.1) is 0 Å². The Hall–Kier alpha value is -2.48. The fraction of sp³-hybridized carbons (Fsp3) is 0.250. The lowest BCUT2D eigenvalue weighted by atomic mass is 10.2. The highest BCUT2D eigenvalue weighted by molar-refractivity contribution is 6.32. The molecule has 5 nitrogen and oxygen atoms in total. The molecule has 0 radical (unpaired) electrons. The lowest BCUT2D eigenvalue weighted by Gasteiger charge is -2.11. The highest BCUT2D eigenvalue weighted by Gasteiger charge is 2.31. The van der Waals surface area contributed by atoms with Crippen LogP contribution >= 0.6 is 11.6 Å². The fourth-order valence-electron chi connectivity index (χ4n) is 1.95. The molecule has 2 N–H and O–H groups in total. The third-order valence-electron chi connectivity index (χ3n) is 3.20. The summed E-state index contributed by atoms with van der Waals surface area (Å²) in [7, 11) is 1.50. The fourth-order valence-corrected chi connectivity index (χ4v) is 2.18. The van der Waals surface area contributed by atoms with E-state index in [4.69, 9.17) is 16.3 Å². The summed E-state index contributed by atoms with van der Waals surface area (Å²) in [5.41, 5.74) is -0.487. The molecule has 134 valence electrons. The number of benzene rings is 1. The summed E-state index contributed by atoms with van der Waals surface area (Å²) < 4.78 is 42.6. The molecule has 1 heterocycles. The number of rotatable bonds is 6. The zero-order valence-corrected chi connectivity index (χ0v) is 13.9. The lowest BCUT2D eigenvalue weighted by Crippen LogP contribution is -2.29. The average Bonchev–Trinajstić information content (AvgIpc) is 2.58. The molecule has 1 amide bonds. The molecule has 0 aliphatic carbocycles. The number of methoxy groups -OCH3 is 1. The first-order valence-corrected chi connectivity index (χ1v) is 7.58. The molecule has 2 aromatic rings. The van der Waals surface area contributed by atoms with E-state index >= 15 is 0 Å². The number of alkyl halides is 3. The van der Waals surface area contributed by atoms with E-state index < -0.39 is 11.7 Å². The second kappa shape index (κ2) is 8.06. The molecule has 1 aromatic carbocycles. The number of carbonyl (C=O) groups excluding carboxylic acids is 1. The molecule has 0 aliphatic rings. The Kier molecular flexibility index (Phi) is 6.08. The van der Waals surface area contributed by atoms with Crippen molar-refractivity contribution < 1.29 is 22.7 Å². The van der Waals surface area contributed by atoms with Crippen molar-refractivity contribution in [1.82, 2.24) is 10.3 Å². The Morgan fingerprint density at radius 2 is 2.04 bits per heavy atom. The number of aromatic nitrogens is 1. The molecule has 0 saturated carbocycles. The third kappa shape index (κ3) is 5.25. The predicted octanol–water partition coefficient (Wildman–Crippen LogP) is 3.60. The third-order valence-corrected chi connectivity index (χ3v) is 3.49. The SMILES string of the molecule is COc1cccc(C(=O)NCCNc2ncc(C(F)(F)F)cc2Cl)c1. The number of hydrogen-bond acceptors (Lipinski definition) is 4. The smallest absolute Gasteiger partial charge is 0.417 e. The Morgan fingerprint density at radius 3 is 2.68 bits per heavy atom. The first kappa shape index (κ1) is 18.9. The topological polar surface area (TPSA) is 63.2 Å². The molecular weight excluding hydrogens is 359 g/mol. The van der Waals surface area contributed by atoms with Gasteiger partial charge in [-0.1, -0.05) is 17.7 Å². The molecule has 0 aliphatic heterocycles. The zero-order valence-electron chi connectivity index (χ0n) is 13.2. The van der Waals surface area contributed by atoms with Crippen molar-refractivity contribution >= 4 is 23.3 Å². The van der Waals surface area contributed by atoms with Gasteiger partial charge in [0.25, 0.3) is 5.91 Å². The highest BCUT2D eigenvalue weighted by Crippen LogP contribution is 2.32. The van der Waals surface area contributed by atoms with Crippen LogP contribution in [0.25, 0.3) is 0 Å². The maximum atomic E-state index is 12.5. The molecule has 25 heavy (non-hydrogen) atoms. The van der Waals surface area contributed by atoms with Crippen LogP contribution in [0.4, 0.5) is 19.0 Å². The molecule has 0 unspecified atom stereocenters. The molecule has 2 rings (SSSR count). The van der Waals surface area contributed by atoms with Crippen molar-refractivity contribution in [3.05, 3.63) is 52.7 Å². The van der Waals surface area contributed by atoms with Gasteiger partial charge in [0, 0.05) is 24.8 Å². The van der Waals surface area contributed by atoms with E-state index in [1.54, 1.807) is 24.3 Å². The van der Waals surface area contributed by atoms with E-state index in [0.717, 1.165) is 6.07 Å². The summed E-state index contributed by atoms with van der Waals surface area (Å²) in [5.74, 6) is 0.379. The van der Waals surface area contributed by atoms with Crippen LogP contribution in [0.3, 0.4) is 0 Å². The number of carbonyl (C=O) groups is 1. The minimum atomic E-state index is -4.50. The number of pyridine rings is 1. The largest absolute Gasteiger partial charge is 0.497 e. The highest BCUT2D eigenvalue weighted by atomic mass is 35.5. The summed E-state index contributed by atoms with van der Waals surface area (Å²) >= 11 is 5.78. The number of nitrogens with one attached hydrogen (secondary N) is 2. The van der Waals surface area contributed by atoms with Crippen LogP contribution < -0.4 is 15.4 Å². The van der Waals surface area contributed by atoms with Crippen LogP contribution in [0.15, 0.2) is 36.5 Å². The van der Waals surface area contributed by atoms with Gasteiger partial charge in [-0.3, -0.25) is 4.79 Å². The molecular formula is C16H15ClF3N3O2. The van der Waals surface area contributed by atoms with Gasteiger partial charge in [0.1, 0.15) is 11.6 Å². The standard InChI is InChI=1S/C16H15ClF3N3O2/c1-25-12-4-2-3-10(7-12)15(24)22-6-5-21-14-13(17)8-11(9-23-14)16(18,19)20/h2-4,7-9H,5-6H2,1H3,(H,21,23)(H,22,24). The second-order valence-electron chi connectivity index (χ2n) is 4.97. The molecule has 0 spiro atoms. The van der Waals surface area contributed by atoms with E-state index in [1.807, 2.05) is 0 Å². The van der Waals surface area contributed by atoms with Gasteiger partial charge in [-0.15, -0.1) is 0 Å². The van der Waals surface area contributed by atoms with E-state index in [1.165, 1.54) is 7.11 Å². The van der Waals surface area contributed by atoms with Crippen molar-refractivity contribution in [1.29, 1.82) is 0 Å². The summed E-state index contributed by atoms with van der Waals surface area (Å²) in [6, 6.07) is 7.44. The van der Waals surface area contributed by atoms with Crippen molar-refractivity contribution in [2.45, 2.75) is 6.18 Å². The predicted molar refractivity (Wildman–Crippen MR) is 88.1 cm³/mol. The maximum absolute atomic E-state index is 12.5. The van der Waals surface area contributed by atoms with Gasteiger partial charge in [0.15, 0.2) is 0 Å². The first-order chi connectivity index (χ1) is 11.8. The Morgan fingerprint density at radius 1 is 1.28 bits per heavy atom. The number of nitrogens with zero attached hydrogens (tertiary/aromatic N) is 1. The lowest BCUT2D eigenvalue weighted by molar-refractivity contribution is -0.137. The summed E-state index contributed by atoms with van der Waals surface area (Å²) in [6.45, 7) is 0.475. The molecule has 1 aromatic heterocycles. The molecule has 0 fully saturated rings. The number of anilines is 1. The molecule has 0 saturated heterocycles. The van der Waals surface area contributed by atoms with Crippen molar-refractivity contribution in [3.63, 3.8) is 0 Å². The van der Waals surface area contributed by atoms with Crippen LogP contribution in [0.5, 0.6) is 5.75 Å². The second-order valence-corrected chi connectivity index (χ2v) is 5.37. The minimum absolute atomic E-state index is 0.116. The average molecular weight is 374 g/mol. The van der Waals surface area contributed by atoms with Crippen molar-refractivity contribution in [2.75, 3.05) is 25.5 Å². The van der Waals surface area contributed by atoms with E-state index in [2.05, 4.69) is 15.6 Å². The Balaban J connectivity index is 1.85. The Labute approximate surface area is 147 Å². The van der Waals surface area contributed by atoms with E-state index in [0.29, 0.717) is 17.5 Å². The number of ether oxygens (including phenoxy) is 1. The maximum Gasteiger partial charge on any atom is 0.417 e. The van der Waals surface area contributed by atoms with Gasteiger partial charge in [-0.2, -0.15) is 13.2 Å². The van der Waals surface area contributed by atoms with Crippen molar-refractivity contribution in [2.24, 2.45) is 0 Å². The van der Waals surface area contributed by atoms with Gasteiger partial charge >= 0.3 is 6.18 Å². The normalized spacial score (nSPS) is 11.1. The molecule has 0 bridgehead atoms. The number of hydrogen-bond donors (Lipinski definition) is 2. The number of halogens is 4. The van der Waals surface area contributed by atoms with E-state index in [9.17, 15) is 18.0 Å². The van der Waals surface area contributed by atoms with E-state index in [-0.39, 0.29) is 29.8 Å². The van der Waals surface area contributed by atoms with Gasteiger partial charge in [0.2, 0.25) is 0 Å². The summed E-state index contributed by atoms with van der Waals surface area (Å²) in [4.78, 5) is 15.6. The monoisotopic (exact) mass is 373 g/mol. The first-order valence-electron chi connectivity index (χ1n) is 7.20. The minimum Gasteiger partial charge on any atom is -0.497 e. The van der Waals surface area contributed by atoms with Crippen LogP contribution in [0.1, 0.15) is 15.9 Å². The van der Waals surface area contributed by atoms with Crippen LogP contribution in [-0.2, 0) is 6.18 Å². The van der Waals surface area contributed by atoms with Crippen LogP contribution in [-0.4, -0.2) is 31.1 Å². The Bertz CT molecular complexity index is 754. The quantitative estimate of drug-likeness (QED) is 0.759. The summed E-state index contributed by atoms with van der Waals surface area (Å²) in [6.07, 6.45) is -3.80. The number of amides is 1.